The van der Waals surface area contributed by atoms with Crippen LogP contribution in [-0.2, 0) is 4.79 Å². The van der Waals surface area contributed by atoms with Crippen molar-refractivity contribution in [2.75, 3.05) is 32.0 Å². The van der Waals surface area contributed by atoms with Gasteiger partial charge in [-0.1, -0.05) is 35.3 Å². The number of benzene rings is 1. The van der Waals surface area contributed by atoms with Crippen LogP contribution in [-0.4, -0.2) is 43.4 Å². The monoisotopic (exact) mass is 382 g/mol. The van der Waals surface area contributed by atoms with E-state index in [9.17, 15) is 4.79 Å². The lowest BCUT2D eigenvalue weighted by Crippen LogP contribution is -2.40. The number of halogens is 1. The summed E-state index contributed by atoms with van der Waals surface area (Å²) in [6.07, 6.45) is 2.23. The predicted octanol–water partition coefficient (Wildman–Crippen LogP) is 3.39. The van der Waals surface area contributed by atoms with Gasteiger partial charge in [0.25, 0.3) is 0 Å². The fraction of sp³-hybridized carbons (Fsp3) is 0.529. The van der Waals surface area contributed by atoms with E-state index in [4.69, 9.17) is 0 Å². The average molecular weight is 383 g/mol. The number of unbranched alkanes of at least 4 members (excludes halogenated alkanes) is 1. The van der Waals surface area contributed by atoms with Crippen molar-refractivity contribution in [1.82, 2.24) is 10.2 Å². The van der Waals surface area contributed by atoms with Crippen molar-refractivity contribution < 1.29 is 4.79 Å². The van der Waals surface area contributed by atoms with Crippen LogP contribution in [0.1, 0.15) is 32.3 Å². The first-order valence-corrected chi connectivity index (χ1v) is 8.82. The second-order valence-electron chi connectivity index (χ2n) is 5.45. The van der Waals surface area contributed by atoms with Crippen molar-refractivity contribution in [3.8, 4) is 0 Å². The first kappa shape index (κ1) is 19.5. The van der Waals surface area contributed by atoms with Crippen LogP contribution in [0.15, 0.2) is 27.7 Å². The van der Waals surface area contributed by atoms with Gasteiger partial charge < -0.3 is 15.5 Å². The number of aliphatic imine (C=N–C) groups is 1. The molecule has 5 nitrogen and oxygen atoms in total. The molecule has 6 heteroatoms. The van der Waals surface area contributed by atoms with Gasteiger partial charge in [0.2, 0.25) is 5.91 Å². The summed E-state index contributed by atoms with van der Waals surface area (Å²) in [6, 6.07) is 5.82. The number of carbonyl (C=O) groups is 1. The molecule has 0 fully saturated rings. The van der Waals surface area contributed by atoms with E-state index < -0.39 is 0 Å². The van der Waals surface area contributed by atoms with E-state index in [1.807, 2.05) is 39.1 Å². The molecule has 0 saturated heterocycles. The molecular weight excluding hydrogens is 356 g/mol. The molecule has 0 aliphatic rings. The average Bonchev–Trinajstić information content (AvgIpc) is 2.52. The summed E-state index contributed by atoms with van der Waals surface area (Å²) >= 11 is 3.42. The molecule has 0 radical (unpaired) electrons. The van der Waals surface area contributed by atoms with E-state index in [1.165, 1.54) is 0 Å². The van der Waals surface area contributed by atoms with Gasteiger partial charge in [0.15, 0.2) is 5.96 Å². The molecule has 0 spiro atoms. The molecule has 0 bridgehead atoms. The van der Waals surface area contributed by atoms with Crippen LogP contribution in [0.5, 0.6) is 0 Å². The zero-order chi connectivity index (χ0) is 17.2. The smallest absolute Gasteiger partial charge is 0.246 e. The lowest BCUT2D eigenvalue weighted by molar-refractivity contribution is -0.114. The summed E-state index contributed by atoms with van der Waals surface area (Å²) in [5, 5.41) is 6.13. The summed E-state index contributed by atoms with van der Waals surface area (Å²) in [6.45, 7) is 7.95. The maximum Gasteiger partial charge on any atom is 0.246 e. The van der Waals surface area contributed by atoms with Crippen LogP contribution >= 0.6 is 15.9 Å². The molecule has 128 valence electrons. The van der Waals surface area contributed by atoms with E-state index in [1.54, 1.807) is 0 Å². The number of hydrogen-bond acceptors (Lipinski definition) is 2. The van der Waals surface area contributed by atoms with Gasteiger partial charge in [0.1, 0.15) is 6.54 Å². The van der Waals surface area contributed by atoms with E-state index in [-0.39, 0.29) is 12.5 Å². The second kappa shape index (κ2) is 10.3. The largest absolute Gasteiger partial charge is 0.357 e. The number of rotatable bonds is 7. The van der Waals surface area contributed by atoms with Crippen molar-refractivity contribution in [2.45, 2.75) is 33.6 Å². The van der Waals surface area contributed by atoms with E-state index in [0.29, 0.717) is 0 Å². The molecule has 0 unspecified atom stereocenters. The van der Waals surface area contributed by atoms with Crippen LogP contribution in [0.4, 0.5) is 5.69 Å². The molecule has 0 saturated carbocycles. The third kappa shape index (κ3) is 7.03. The molecular formula is C17H27BrN4O. The SMILES string of the molecule is CCCCN(C)C(=NCC(=O)Nc1cc(Br)ccc1C)NCC. The Bertz CT molecular complexity index is 545. The van der Waals surface area contributed by atoms with Crippen molar-refractivity contribution >= 4 is 33.5 Å². The minimum absolute atomic E-state index is 0.102. The quantitative estimate of drug-likeness (QED) is 0.561. The van der Waals surface area contributed by atoms with E-state index in [0.717, 1.165) is 47.6 Å². The molecule has 0 aliphatic carbocycles. The maximum atomic E-state index is 12.1. The molecule has 0 heterocycles. The number of guanidine groups is 1. The van der Waals surface area contributed by atoms with Gasteiger partial charge in [0.05, 0.1) is 0 Å². The van der Waals surface area contributed by atoms with E-state index in [2.05, 4.69) is 43.4 Å². The standard InChI is InChI=1S/C17H27BrN4O/c1-5-7-10-22(4)17(19-6-2)20-12-16(23)21-15-11-14(18)9-8-13(15)3/h8-9,11H,5-7,10,12H2,1-4H3,(H,19,20)(H,21,23). The topological polar surface area (TPSA) is 56.7 Å². The number of nitrogens with one attached hydrogen (secondary N) is 2. The Kier molecular flexibility index (Phi) is 8.69. The summed E-state index contributed by atoms with van der Waals surface area (Å²) in [5.41, 5.74) is 1.83. The van der Waals surface area contributed by atoms with Crippen LogP contribution in [0, 0.1) is 6.92 Å². The predicted molar refractivity (Wildman–Crippen MR) is 101 cm³/mol. The Morgan fingerprint density at radius 3 is 2.74 bits per heavy atom. The summed E-state index contributed by atoms with van der Waals surface area (Å²) in [4.78, 5) is 18.6. The molecule has 1 aromatic carbocycles. The molecule has 2 N–H and O–H groups in total. The Morgan fingerprint density at radius 2 is 2.09 bits per heavy atom. The van der Waals surface area contributed by atoms with E-state index >= 15 is 0 Å². The molecule has 1 aromatic rings. The third-order valence-corrected chi connectivity index (χ3v) is 3.88. The van der Waals surface area contributed by atoms with Gasteiger partial charge in [-0.05, 0) is 38.0 Å². The van der Waals surface area contributed by atoms with Gasteiger partial charge in [0, 0.05) is 30.3 Å². The Balaban J connectivity index is 2.67. The van der Waals surface area contributed by atoms with Gasteiger partial charge in [-0.25, -0.2) is 4.99 Å². The fourth-order valence-corrected chi connectivity index (χ4v) is 2.40. The number of amides is 1. The van der Waals surface area contributed by atoms with Crippen LogP contribution < -0.4 is 10.6 Å². The molecule has 1 rings (SSSR count). The van der Waals surface area contributed by atoms with Crippen LogP contribution in [0.3, 0.4) is 0 Å². The fourth-order valence-electron chi connectivity index (χ4n) is 2.04. The van der Waals surface area contributed by atoms with Crippen molar-refractivity contribution in [1.29, 1.82) is 0 Å². The summed E-state index contributed by atoms with van der Waals surface area (Å²) < 4.78 is 0.939. The molecule has 1 amide bonds. The Hall–Kier alpha value is -1.56. The van der Waals surface area contributed by atoms with Gasteiger partial charge in [-0.3, -0.25) is 4.79 Å². The van der Waals surface area contributed by atoms with Gasteiger partial charge in [-0.15, -0.1) is 0 Å². The zero-order valence-electron chi connectivity index (χ0n) is 14.4. The lowest BCUT2D eigenvalue weighted by atomic mass is 10.2. The molecule has 0 aliphatic heterocycles. The third-order valence-electron chi connectivity index (χ3n) is 3.39. The number of hydrogen-bond donors (Lipinski definition) is 2. The lowest BCUT2D eigenvalue weighted by Gasteiger charge is -2.21. The number of nitrogens with zero attached hydrogens (tertiary/aromatic N) is 2. The molecule has 23 heavy (non-hydrogen) atoms. The van der Waals surface area contributed by atoms with Crippen LogP contribution in [0.25, 0.3) is 0 Å². The zero-order valence-corrected chi connectivity index (χ0v) is 16.0. The molecule has 0 aromatic heterocycles. The minimum Gasteiger partial charge on any atom is -0.357 e. The normalized spacial score (nSPS) is 11.3. The number of aryl methyl sites for hydroxylation is 1. The van der Waals surface area contributed by atoms with Crippen molar-refractivity contribution in [3.63, 3.8) is 0 Å². The molecule has 0 atom stereocenters. The second-order valence-corrected chi connectivity index (χ2v) is 6.37. The Morgan fingerprint density at radius 1 is 1.35 bits per heavy atom. The maximum absolute atomic E-state index is 12.1. The summed E-state index contributed by atoms with van der Waals surface area (Å²) in [7, 11) is 1.99. The van der Waals surface area contributed by atoms with Gasteiger partial charge >= 0.3 is 0 Å². The van der Waals surface area contributed by atoms with Crippen molar-refractivity contribution in [2.24, 2.45) is 4.99 Å². The first-order valence-electron chi connectivity index (χ1n) is 8.03. The van der Waals surface area contributed by atoms with Crippen molar-refractivity contribution in [3.05, 3.63) is 28.2 Å². The summed E-state index contributed by atoms with van der Waals surface area (Å²) in [5.74, 6) is 0.646. The minimum atomic E-state index is -0.120. The highest BCUT2D eigenvalue weighted by Gasteiger charge is 2.08. The number of carbonyl (C=O) groups excluding carboxylic acids is 1. The first-order chi connectivity index (χ1) is 11.0. The highest BCUT2D eigenvalue weighted by atomic mass is 79.9. The van der Waals surface area contributed by atoms with Gasteiger partial charge in [-0.2, -0.15) is 0 Å². The highest BCUT2D eigenvalue weighted by molar-refractivity contribution is 9.10. The number of anilines is 1. The highest BCUT2D eigenvalue weighted by Crippen LogP contribution is 2.20. The Labute approximate surface area is 147 Å². The van der Waals surface area contributed by atoms with Crippen LogP contribution in [0.2, 0.25) is 0 Å².